The van der Waals surface area contributed by atoms with Gasteiger partial charge in [-0.3, -0.25) is 29.6 Å². The third-order valence-electron chi connectivity index (χ3n) is 5.25. The second-order valence-corrected chi connectivity index (χ2v) is 7.57. The van der Waals surface area contributed by atoms with Crippen molar-refractivity contribution in [3.63, 3.8) is 0 Å². The molecule has 8 heteroatoms. The van der Waals surface area contributed by atoms with Gasteiger partial charge < -0.3 is 5.11 Å². The molecule has 1 atom stereocenters. The van der Waals surface area contributed by atoms with Crippen LogP contribution in [-0.2, 0) is 9.59 Å². The van der Waals surface area contributed by atoms with Crippen LogP contribution in [0.25, 0.3) is 5.76 Å². The Labute approximate surface area is 183 Å². The highest BCUT2D eigenvalue weighted by Gasteiger charge is 2.47. The molecule has 0 spiro atoms. The Morgan fingerprint density at radius 3 is 2.25 bits per heavy atom. The van der Waals surface area contributed by atoms with E-state index in [9.17, 15) is 24.8 Å². The molecule has 2 heterocycles. The number of rotatable bonds is 4. The molecule has 1 aliphatic heterocycles. The lowest BCUT2D eigenvalue weighted by atomic mass is 9.98. The summed E-state index contributed by atoms with van der Waals surface area (Å²) < 4.78 is 0. The van der Waals surface area contributed by atoms with Gasteiger partial charge in [0.15, 0.2) is 0 Å². The third-order valence-corrected chi connectivity index (χ3v) is 5.25. The molecule has 2 aromatic carbocycles. The summed E-state index contributed by atoms with van der Waals surface area (Å²) in [7, 11) is 0. The van der Waals surface area contributed by atoms with E-state index in [1.165, 1.54) is 29.2 Å². The maximum Gasteiger partial charge on any atom is 0.300 e. The van der Waals surface area contributed by atoms with Gasteiger partial charge in [0.25, 0.3) is 17.4 Å². The minimum Gasteiger partial charge on any atom is -0.507 e. The third kappa shape index (κ3) is 3.62. The van der Waals surface area contributed by atoms with E-state index >= 15 is 0 Å². The monoisotopic (exact) mass is 429 g/mol. The predicted molar refractivity (Wildman–Crippen MR) is 118 cm³/mol. The summed E-state index contributed by atoms with van der Waals surface area (Å²) in [6, 6.07) is 14.8. The zero-order valence-electron chi connectivity index (χ0n) is 17.4. The normalized spacial score (nSPS) is 17.6. The van der Waals surface area contributed by atoms with Crippen LogP contribution in [0.2, 0.25) is 0 Å². The van der Waals surface area contributed by atoms with Crippen LogP contribution in [0.3, 0.4) is 0 Å². The first-order valence-corrected chi connectivity index (χ1v) is 9.83. The van der Waals surface area contributed by atoms with E-state index in [1.807, 2.05) is 19.9 Å². The summed E-state index contributed by atoms with van der Waals surface area (Å²) in [6.07, 6.45) is 1.54. The Hall–Kier alpha value is -4.33. The van der Waals surface area contributed by atoms with E-state index in [1.54, 1.807) is 36.5 Å². The maximum absolute atomic E-state index is 13.1. The van der Waals surface area contributed by atoms with Crippen LogP contribution < -0.4 is 4.90 Å². The molecule has 8 nitrogen and oxygen atoms in total. The van der Waals surface area contributed by atoms with Gasteiger partial charge in [0, 0.05) is 29.6 Å². The molecule has 1 unspecified atom stereocenters. The summed E-state index contributed by atoms with van der Waals surface area (Å²) in [5.74, 6) is -2.05. The van der Waals surface area contributed by atoms with Gasteiger partial charge in [-0.05, 0) is 61.4 Å². The van der Waals surface area contributed by atoms with Crippen molar-refractivity contribution in [1.82, 2.24) is 4.98 Å². The molecule has 0 radical (unpaired) electrons. The number of nitrogens with zero attached hydrogens (tertiary/aromatic N) is 3. The van der Waals surface area contributed by atoms with Crippen LogP contribution in [0.15, 0.2) is 72.4 Å². The average Bonchev–Trinajstić information content (AvgIpc) is 3.04. The number of aliphatic hydroxyl groups excluding tert-OH is 1. The largest absolute Gasteiger partial charge is 0.507 e. The fourth-order valence-corrected chi connectivity index (χ4v) is 3.90. The molecule has 1 fully saturated rings. The lowest BCUT2D eigenvalue weighted by Gasteiger charge is -2.25. The van der Waals surface area contributed by atoms with E-state index in [0.29, 0.717) is 11.4 Å². The molecule has 32 heavy (non-hydrogen) atoms. The number of aryl methyl sites for hydroxylation is 2. The summed E-state index contributed by atoms with van der Waals surface area (Å²) in [5.41, 5.74) is 2.67. The molecule has 0 saturated carbocycles. The van der Waals surface area contributed by atoms with Crippen LogP contribution in [0, 0.1) is 24.0 Å². The van der Waals surface area contributed by atoms with E-state index in [2.05, 4.69) is 4.98 Å². The molecular formula is C24H19N3O5. The number of Topliss-reactive ketones (excluding diaryl/α,β-unsaturated/α-hetero) is 1. The van der Waals surface area contributed by atoms with Crippen molar-refractivity contribution < 1.29 is 19.6 Å². The van der Waals surface area contributed by atoms with Gasteiger partial charge >= 0.3 is 0 Å². The lowest BCUT2D eigenvalue weighted by molar-refractivity contribution is -0.384. The topological polar surface area (TPSA) is 114 Å². The van der Waals surface area contributed by atoms with Gasteiger partial charge in [0.2, 0.25) is 0 Å². The van der Waals surface area contributed by atoms with Crippen molar-refractivity contribution in [3.05, 3.63) is 105 Å². The number of aromatic nitrogens is 1. The molecule has 0 aliphatic carbocycles. The SMILES string of the molecule is Cc1cc(C)cc(N2C(=O)C(=O)/C(=C(\O)c3ccc([N+](=O)[O-])cc3)C2c2ccccn2)c1. The number of hydrogen-bond acceptors (Lipinski definition) is 6. The number of amides is 1. The first-order valence-electron chi connectivity index (χ1n) is 9.83. The number of carbonyl (C=O) groups excluding carboxylic acids is 2. The second-order valence-electron chi connectivity index (χ2n) is 7.57. The summed E-state index contributed by atoms with van der Waals surface area (Å²) in [6.45, 7) is 3.78. The van der Waals surface area contributed by atoms with Gasteiger partial charge in [-0.1, -0.05) is 12.1 Å². The molecule has 1 aromatic heterocycles. The van der Waals surface area contributed by atoms with E-state index in [4.69, 9.17) is 0 Å². The summed E-state index contributed by atoms with van der Waals surface area (Å²) in [4.78, 5) is 42.3. The lowest BCUT2D eigenvalue weighted by Crippen LogP contribution is -2.30. The van der Waals surface area contributed by atoms with Crippen LogP contribution in [0.4, 0.5) is 11.4 Å². The van der Waals surface area contributed by atoms with Crippen molar-refractivity contribution in [2.75, 3.05) is 4.90 Å². The molecular weight excluding hydrogens is 410 g/mol. The number of hydrogen-bond donors (Lipinski definition) is 1. The van der Waals surface area contributed by atoms with Crippen molar-refractivity contribution in [1.29, 1.82) is 0 Å². The summed E-state index contributed by atoms with van der Waals surface area (Å²) in [5, 5.41) is 22.0. The van der Waals surface area contributed by atoms with E-state index in [0.717, 1.165) is 11.1 Å². The minimum absolute atomic E-state index is 0.123. The Morgan fingerprint density at radius 1 is 1.03 bits per heavy atom. The van der Waals surface area contributed by atoms with Crippen molar-refractivity contribution in [3.8, 4) is 0 Å². The van der Waals surface area contributed by atoms with Crippen LogP contribution in [0.1, 0.15) is 28.4 Å². The zero-order valence-corrected chi connectivity index (χ0v) is 17.4. The Morgan fingerprint density at radius 2 is 1.69 bits per heavy atom. The second kappa shape index (κ2) is 8.07. The maximum atomic E-state index is 13.1. The fourth-order valence-electron chi connectivity index (χ4n) is 3.90. The van der Waals surface area contributed by atoms with E-state index in [-0.39, 0.29) is 16.8 Å². The molecule has 1 amide bonds. The van der Waals surface area contributed by atoms with Crippen LogP contribution in [0.5, 0.6) is 0 Å². The number of pyridine rings is 1. The van der Waals surface area contributed by atoms with Crippen LogP contribution in [-0.4, -0.2) is 26.7 Å². The first-order chi connectivity index (χ1) is 15.3. The van der Waals surface area contributed by atoms with Gasteiger partial charge in [-0.25, -0.2) is 0 Å². The molecule has 4 rings (SSSR count). The number of ketones is 1. The molecule has 1 aliphatic rings. The number of aliphatic hydroxyl groups is 1. The highest BCUT2D eigenvalue weighted by molar-refractivity contribution is 6.51. The number of nitro benzene ring substituents is 1. The Bertz CT molecular complexity index is 1250. The van der Waals surface area contributed by atoms with E-state index < -0.39 is 28.4 Å². The Kier molecular flexibility index (Phi) is 5.28. The highest BCUT2D eigenvalue weighted by Crippen LogP contribution is 2.42. The number of carbonyl (C=O) groups is 2. The predicted octanol–water partition coefficient (Wildman–Crippen LogP) is 4.23. The fraction of sp³-hybridized carbons (Fsp3) is 0.125. The number of anilines is 1. The number of non-ortho nitro benzene ring substituents is 1. The van der Waals surface area contributed by atoms with Crippen molar-refractivity contribution in [2.45, 2.75) is 19.9 Å². The smallest absolute Gasteiger partial charge is 0.300 e. The Balaban J connectivity index is 1.92. The van der Waals surface area contributed by atoms with Gasteiger partial charge in [-0.2, -0.15) is 0 Å². The minimum atomic E-state index is -0.951. The van der Waals surface area contributed by atoms with Gasteiger partial charge in [0.1, 0.15) is 11.8 Å². The first kappa shape index (κ1) is 20.9. The molecule has 0 bridgehead atoms. The number of benzene rings is 2. The molecule has 1 N–H and O–H groups in total. The zero-order chi connectivity index (χ0) is 23.0. The molecule has 160 valence electrons. The molecule has 3 aromatic rings. The summed E-state index contributed by atoms with van der Waals surface area (Å²) >= 11 is 0. The number of nitro groups is 1. The van der Waals surface area contributed by atoms with Crippen molar-refractivity contribution >= 4 is 28.8 Å². The highest BCUT2D eigenvalue weighted by atomic mass is 16.6. The standard InChI is InChI=1S/C24H19N3O5/c1-14-11-15(2)13-18(12-14)26-21(19-5-3-4-10-25-19)20(23(29)24(26)30)22(28)16-6-8-17(9-7-16)27(31)32/h3-13,21,28H,1-2H3/b22-20-. The van der Waals surface area contributed by atoms with Gasteiger partial charge in [0.05, 0.1) is 16.2 Å². The van der Waals surface area contributed by atoms with Crippen molar-refractivity contribution in [2.24, 2.45) is 0 Å². The van der Waals surface area contributed by atoms with Gasteiger partial charge in [-0.15, -0.1) is 0 Å². The average molecular weight is 429 g/mol. The molecule has 1 saturated heterocycles. The quantitative estimate of drug-likeness (QED) is 0.218. The van der Waals surface area contributed by atoms with Crippen LogP contribution >= 0.6 is 0 Å².